The summed E-state index contributed by atoms with van der Waals surface area (Å²) in [7, 11) is 0. The molecule has 1 rings (SSSR count). The van der Waals surface area contributed by atoms with E-state index in [-0.39, 0.29) is 11.3 Å². The highest BCUT2D eigenvalue weighted by molar-refractivity contribution is 5.94. The van der Waals surface area contributed by atoms with Crippen molar-refractivity contribution in [3.8, 4) is 6.07 Å². The third-order valence-electron chi connectivity index (χ3n) is 1.96. The van der Waals surface area contributed by atoms with Gasteiger partial charge in [0.05, 0.1) is 5.56 Å². The lowest BCUT2D eigenvalue weighted by Gasteiger charge is -2.01. The molecule has 0 saturated heterocycles. The average Bonchev–Trinajstić information content (AvgIpc) is 2.16. The molecule has 76 valence electrons. The Labute approximate surface area is 87.7 Å². The Kier molecular flexibility index (Phi) is 3.35. The van der Waals surface area contributed by atoms with Crippen LogP contribution in [0.25, 0.3) is 5.57 Å². The fraction of sp³-hybridized carbons (Fsp3) is 0.167. The number of carbonyl (C=O) groups is 1. The van der Waals surface area contributed by atoms with Crippen LogP contribution in [0.3, 0.4) is 0 Å². The molecule has 0 aliphatic rings. The number of allylic oxidation sites excluding steroid dienone is 2. The van der Waals surface area contributed by atoms with Crippen LogP contribution in [0.1, 0.15) is 25.0 Å². The molecule has 15 heavy (non-hydrogen) atoms. The lowest BCUT2D eigenvalue weighted by molar-refractivity contribution is -0.112. The molecule has 3 heteroatoms. The van der Waals surface area contributed by atoms with Crippen LogP contribution in [0, 0.1) is 17.1 Å². The van der Waals surface area contributed by atoms with Crippen LogP contribution >= 0.6 is 0 Å². The number of nitriles is 1. The lowest BCUT2D eigenvalue weighted by Crippen LogP contribution is -1.89. The van der Waals surface area contributed by atoms with E-state index in [2.05, 4.69) is 0 Å². The van der Waals surface area contributed by atoms with Crippen molar-refractivity contribution in [1.82, 2.24) is 0 Å². The molecule has 0 aliphatic carbocycles. The highest BCUT2D eigenvalue weighted by Gasteiger charge is 2.04. The molecule has 0 radical (unpaired) electrons. The van der Waals surface area contributed by atoms with Crippen LogP contribution in [0.15, 0.2) is 24.3 Å². The zero-order valence-electron chi connectivity index (χ0n) is 8.54. The Hall–Kier alpha value is -1.95. The van der Waals surface area contributed by atoms with Gasteiger partial charge in [0.1, 0.15) is 11.9 Å². The van der Waals surface area contributed by atoms with Gasteiger partial charge in [0.15, 0.2) is 5.78 Å². The van der Waals surface area contributed by atoms with E-state index in [0.717, 1.165) is 0 Å². The van der Waals surface area contributed by atoms with Gasteiger partial charge in [-0.2, -0.15) is 5.26 Å². The van der Waals surface area contributed by atoms with Crippen LogP contribution in [0.2, 0.25) is 0 Å². The SMILES string of the molecule is CC(=O)C=C(C)c1ccc(C#N)c(F)c1. The first-order valence-electron chi connectivity index (χ1n) is 4.43. The van der Waals surface area contributed by atoms with Crippen LogP contribution in [0.5, 0.6) is 0 Å². The largest absolute Gasteiger partial charge is 0.295 e. The second kappa shape index (κ2) is 4.52. The second-order valence-corrected chi connectivity index (χ2v) is 3.24. The smallest absolute Gasteiger partial charge is 0.152 e. The quantitative estimate of drug-likeness (QED) is 0.693. The van der Waals surface area contributed by atoms with Gasteiger partial charge in [0, 0.05) is 0 Å². The summed E-state index contributed by atoms with van der Waals surface area (Å²) in [4.78, 5) is 10.8. The minimum atomic E-state index is -0.564. The average molecular weight is 203 g/mol. The molecule has 0 aliphatic heterocycles. The van der Waals surface area contributed by atoms with Crippen molar-refractivity contribution in [2.45, 2.75) is 13.8 Å². The van der Waals surface area contributed by atoms with Crippen LogP contribution in [0.4, 0.5) is 4.39 Å². The first-order chi connectivity index (χ1) is 7.04. The predicted molar refractivity (Wildman–Crippen MR) is 55.4 cm³/mol. The standard InChI is InChI=1S/C12H10FNO/c1-8(5-9(2)15)10-3-4-11(7-14)12(13)6-10/h3-6H,1-2H3. The van der Waals surface area contributed by atoms with Crippen molar-refractivity contribution in [2.24, 2.45) is 0 Å². The van der Waals surface area contributed by atoms with Crippen molar-refractivity contribution in [2.75, 3.05) is 0 Å². The first-order valence-corrected chi connectivity index (χ1v) is 4.43. The molecule has 1 aromatic rings. The Bertz CT molecular complexity index is 469. The molecule has 0 heterocycles. The van der Waals surface area contributed by atoms with E-state index in [0.29, 0.717) is 11.1 Å². The van der Waals surface area contributed by atoms with Crippen molar-refractivity contribution in [3.63, 3.8) is 0 Å². The summed E-state index contributed by atoms with van der Waals surface area (Å²) in [5, 5.41) is 8.53. The molecule has 0 unspecified atom stereocenters. The van der Waals surface area contributed by atoms with Gasteiger partial charge in [0.2, 0.25) is 0 Å². The summed E-state index contributed by atoms with van der Waals surface area (Å²) in [6.45, 7) is 3.16. The number of nitrogens with zero attached hydrogens (tertiary/aromatic N) is 1. The Morgan fingerprint density at radius 2 is 2.13 bits per heavy atom. The van der Waals surface area contributed by atoms with Crippen molar-refractivity contribution in [1.29, 1.82) is 5.26 Å². The number of rotatable bonds is 2. The van der Waals surface area contributed by atoms with Crippen molar-refractivity contribution in [3.05, 3.63) is 41.2 Å². The maximum absolute atomic E-state index is 13.2. The third-order valence-corrected chi connectivity index (χ3v) is 1.96. The van der Waals surface area contributed by atoms with Gasteiger partial charge in [-0.25, -0.2) is 4.39 Å². The topological polar surface area (TPSA) is 40.9 Å². The zero-order valence-corrected chi connectivity index (χ0v) is 8.54. The fourth-order valence-electron chi connectivity index (χ4n) is 1.24. The van der Waals surface area contributed by atoms with Gasteiger partial charge in [-0.1, -0.05) is 6.07 Å². The van der Waals surface area contributed by atoms with Gasteiger partial charge in [-0.05, 0) is 43.2 Å². The molecule has 0 spiro atoms. The van der Waals surface area contributed by atoms with Crippen molar-refractivity contribution < 1.29 is 9.18 Å². The first kappa shape index (κ1) is 11.1. The van der Waals surface area contributed by atoms with Gasteiger partial charge in [0.25, 0.3) is 0 Å². The minimum absolute atomic E-state index is 0.00868. The van der Waals surface area contributed by atoms with Crippen molar-refractivity contribution >= 4 is 11.4 Å². The molecule has 0 N–H and O–H groups in total. The monoisotopic (exact) mass is 203 g/mol. The van der Waals surface area contributed by atoms with Crippen LogP contribution in [-0.2, 0) is 4.79 Å². The Morgan fingerprint density at radius 1 is 1.47 bits per heavy atom. The van der Waals surface area contributed by atoms with Crippen LogP contribution in [-0.4, -0.2) is 5.78 Å². The number of carbonyl (C=O) groups excluding carboxylic acids is 1. The molecular weight excluding hydrogens is 193 g/mol. The molecule has 0 aromatic heterocycles. The van der Waals surface area contributed by atoms with E-state index in [9.17, 15) is 9.18 Å². The van der Waals surface area contributed by atoms with E-state index in [1.807, 2.05) is 0 Å². The molecular formula is C12H10FNO. The van der Waals surface area contributed by atoms with E-state index < -0.39 is 5.82 Å². The van der Waals surface area contributed by atoms with Gasteiger partial charge < -0.3 is 0 Å². The summed E-state index contributed by atoms with van der Waals surface area (Å²) in [5.41, 5.74) is 1.31. The number of benzene rings is 1. The summed E-state index contributed by atoms with van der Waals surface area (Å²) in [6.07, 6.45) is 1.43. The molecule has 2 nitrogen and oxygen atoms in total. The van der Waals surface area contributed by atoms with Crippen LogP contribution < -0.4 is 0 Å². The van der Waals surface area contributed by atoms with E-state index in [1.165, 1.54) is 25.1 Å². The molecule has 0 saturated carbocycles. The molecule has 0 fully saturated rings. The fourth-order valence-corrected chi connectivity index (χ4v) is 1.24. The Balaban J connectivity index is 3.14. The highest BCUT2D eigenvalue weighted by atomic mass is 19.1. The number of hydrogen-bond donors (Lipinski definition) is 0. The molecule has 1 aromatic carbocycles. The number of halogens is 1. The summed E-state index contributed by atoms with van der Waals surface area (Å²) < 4.78 is 13.2. The number of hydrogen-bond acceptors (Lipinski definition) is 2. The second-order valence-electron chi connectivity index (χ2n) is 3.24. The molecule has 0 bridgehead atoms. The summed E-state index contributed by atoms with van der Waals surface area (Å²) in [5.74, 6) is -0.649. The Morgan fingerprint density at radius 3 is 2.60 bits per heavy atom. The predicted octanol–water partition coefficient (Wildman–Crippen LogP) is 2.69. The number of ketones is 1. The molecule has 0 atom stereocenters. The van der Waals surface area contributed by atoms with E-state index in [1.54, 1.807) is 19.1 Å². The normalized spacial score (nSPS) is 10.9. The maximum Gasteiger partial charge on any atom is 0.152 e. The zero-order chi connectivity index (χ0) is 11.4. The lowest BCUT2D eigenvalue weighted by atomic mass is 10.0. The third kappa shape index (κ3) is 2.75. The van der Waals surface area contributed by atoms with Gasteiger partial charge >= 0.3 is 0 Å². The van der Waals surface area contributed by atoms with E-state index >= 15 is 0 Å². The summed E-state index contributed by atoms with van der Waals surface area (Å²) in [6, 6.07) is 6.02. The molecule has 0 amide bonds. The van der Waals surface area contributed by atoms with E-state index in [4.69, 9.17) is 5.26 Å². The minimum Gasteiger partial charge on any atom is -0.295 e. The maximum atomic E-state index is 13.2. The van der Waals surface area contributed by atoms with Gasteiger partial charge in [-0.15, -0.1) is 0 Å². The summed E-state index contributed by atoms with van der Waals surface area (Å²) >= 11 is 0. The van der Waals surface area contributed by atoms with Gasteiger partial charge in [-0.3, -0.25) is 4.79 Å². The highest BCUT2D eigenvalue weighted by Crippen LogP contribution is 2.17.